The first-order valence-electron chi connectivity index (χ1n) is 5.24. The van der Waals surface area contributed by atoms with E-state index in [4.69, 9.17) is 5.11 Å². The first-order chi connectivity index (χ1) is 6.02. The fourth-order valence-corrected chi connectivity index (χ4v) is 1.36. The topological polar surface area (TPSA) is 37.3 Å². The Balaban J connectivity index is 3.29. The van der Waals surface area contributed by atoms with Crippen molar-refractivity contribution in [3.8, 4) is 0 Å². The van der Waals surface area contributed by atoms with Crippen LogP contribution in [0, 0.1) is 11.8 Å². The highest BCUT2D eigenvalue weighted by atomic mass is 16.4. The van der Waals surface area contributed by atoms with Crippen LogP contribution in [-0.4, -0.2) is 11.1 Å². The van der Waals surface area contributed by atoms with Crippen LogP contribution >= 0.6 is 0 Å². The quantitative estimate of drug-likeness (QED) is 0.662. The largest absolute Gasteiger partial charge is 0.481 e. The molecule has 1 N–H and O–H groups in total. The van der Waals surface area contributed by atoms with Crippen molar-refractivity contribution in [1.82, 2.24) is 0 Å². The Morgan fingerprint density at radius 1 is 1.15 bits per heavy atom. The third kappa shape index (κ3) is 9.38. The maximum atomic E-state index is 10.2. The summed E-state index contributed by atoms with van der Waals surface area (Å²) in [5.74, 6) is 0.778. The highest BCUT2D eigenvalue weighted by molar-refractivity contribution is 5.66. The van der Waals surface area contributed by atoms with Crippen LogP contribution in [0.3, 0.4) is 0 Å². The van der Waals surface area contributed by atoms with Gasteiger partial charge in [0.05, 0.1) is 0 Å². The van der Waals surface area contributed by atoms with E-state index in [9.17, 15) is 4.79 Å². The fraction of sp³-hybridized carbons (Fsp3) is 0.909. The van der Waals surface area contributed by atoms with Crippen LogP contribution in [0.4, 0.5) is 0 Å². The SMILES string of the molecule is CC(C)CCC(C)CCCC(=O)O. The van der Waals surface area contributed by atoms with E-state index in [1.54, 1.807) is 0 Å². The summed E-state index contributed by atoms with van der Waals surface area (Å²) in [7, 11) is 0. The van der Waals surface area contributed by atoms with E-state index in [1.165, 1.54) is 12.8 Å². The van der Waals surface area contributed by atoms with Gasteiger partial charge in [-0.25, -0.2) is 0 Å². The molecule has 0 aliphatic rings. The molecule has 0 saturated carbocycles. The number of hydrogen-bond acceptors (Lipinski definition) is 1. The molecule has 0 aromatic rings. The van der Waals surface area contributed by atoms with E-state index in [0.29, 0.717) is 12.3 Å². The summed E-state index contributed by atoms with van der Waals surface area (Å²) >= 11 is 0. The van der Waals surface area contributed by atoms with Crippen LogP contribution < -0.4 is 0 Å². The molecule has 2 nitrogen and oxygen atoms in total. The summed E-state index contributed by atoms with van der Waals surface area (Å²) in [5, 5.41) is 8.44. The lowest BCUT2D eigenvalue weighted by Gasteiger charge is -2.11. The maximum Gasteiger partial charge on any atom is 0.303 e. The second-order valence-electron chi connectivity index (χ2n) is 4.36. The van der Waals surface area contributed by atoms with Gasteiger partial charge in [-0.2, -0.15) is 0 Å². The van der Waals surface area contributed by atoms with Gasteiger partial charge in [-0.3, -0.25) is 4.79 Å². The van der Waals surface area contributed by atoms with Crippen LogP contribution in [0.1, 0.15) is 52.9 Å². The molecule has 78 valence electrons. The molecule has 2 heteroatoms. The number of hydrogen-bond donors (Lipinski definition) is 1. The molecular weight excluding hydrogens is 164 g/mol. The molecule has 0 aliphatic carbocycles. The molecule has 0 aliphatic heterocycles. The second kappa shape index (κ2) is 6.93. The lowest BCUT2D eigenvalue weighted by molar-refractivity contribution is -0.137. The lowest BCUT2D eigenvalue weighted by Crippen LogP contribution is -2.00. The van der Waals surface area contributed by atoms with Gasteiger partial charge in [0, 0.05) is 6.42 Å². The molecule has 0 bridgehead atoms. The third-order valence-electron chi connectivity index (χ3n) is 2.32. The third-order valence-corrected chi connectivity index (χ3v) is 2.32. The number of carboxylic acids is 1. The van der Waals surface area contributed by atoms with E-state index in [0.717, 1.165) is 18.8 Å². The van der Waals surface area contributed by atoms with Gasteiger partial charge in [-0.05, 0) is 18.3 Å². The Bertz CT molecular complexity index is 141. The zero-order valence-electron chi connectivity index (χ0n) is 9.05. The van der Waals surface area contributed by atoms with Crippen molar-refractivity contribution in [3.63, 3.8) is 0 Å². The van der Waals surface area contributed by atoms with Crippen LogP contribution in [0.2, 0.25) is 0 Å². The van der Waals surface area contributed by atoms with Crippen LogP contribution in [0.5, 0.6) is 0 Å². The predicted octanol–water partition coefficient (Wildman–Crippen LogP) is 3.31. The Kier molecular flexibility index (Phi) is 6.65. The number of carbonyl (C=O) groups is 1. The molecule has 1 unspecified atom stereocenters. The van der Waals surface area contributed by atoms with E-state index >= 15 is 0 Å². The molecule has 0 aromatic heterocycles. The van der Waals surface area contributed by atoms with Crippen LogP contribution in [0.15, 0.2) is 0 Å². The highest BCUT2D eigenvalue weighted by Gasteiger charge is 2.05. The number of rotatable bonds is 7. The maximum absolute atomic E-state index is 10.2. The Labute approximate surface area is 81.3 Å². The van der Waals surface area contributed by atoms with Gasteiger partial charge in [0.2, 0.25) is 0 Å². The van der Waals surface area contributed by atoms with Crippen molar-refractivity contribution < 1.29 is 9.90 Å². The summed E-state index contributed by atoms with van der Waals surface area (Å²) in [4.78, 5) is 10.2. The number of carboxylic acid groups (broad SMARTS) is 1. The van der Waals surface area contributed by atoms with Gasteiger partial charge in [0.25, 0.3) is 0 Å². The average Bonchev–Trinajstić information content (AvgIpc) is 2.00. The molecule has 0 saturated heterocycles. The molecular formula is C11H22O2. The number of aliphatic carboxylic acids is 1. The van der Waals surface area contributed by atoms with E-state index in [2.05, 4.69) is 20.8 Å². The molecule has 13 heavy (non-hydrogen) atoms. The minimum atomic E-state index is -0.670. The van der Waals surface area contributed by atoms with Crippen molar-refractivity contribution in [2.45, 2.75) is 52.9 Å². The molecule has 0 heterocycles. The van der Waals surface area contributed by atoms with Gasteiger partial charge in [0.15, 0.2) is 0 Å². The normalized spacial score (nSPS) is 13.2. The zero-order valence-corrected chi connectivity index (χ0v) is 9.05. The van der Waals surface area contributed by atoms with E-state index in [-0.39, 0.29) is 0 Å². The summed E-state index contributed by atoms with van der Waals surface area (Å²) < 4.78 is 0. The monoisotopic (exact) mass is 186 g/mol. The Morgan fingerprint density at radius 2 is 1.77 bits per heavy atom. The molecule has 0 rings (SSSR count). The van der Waals surface area contributed by atoms with E-state index in [1.807, 2.05) is 0 Å². The summed E-state index contributed by atoms with van der Waals surface area (Å²) in [6, 6.07) is 0. The molecule has 1 atom stereocenters. The predicted molar refractivity (Wildman–Crippen MR) is 54.7 cm³/mol. The Hall–Kier alpha value is -0.530. The van der Waals surface area contributed by atoms with Crippen molar-refractivity contribution in [2.75, 3.05) is 0 Å². The first-order valence-corrected chi connectivity index (χ1v) is 5.24. The first kappa shape index (κ1) is 12.5. The van der Waals surface area contributed by atoms with Gasteiger partial charge in [0.1, 0.15) is 0 Å². The smallest absolute Gasteiger partial charge is 0.303 e. The molecule has 0 aromatic carbocycles. The highest BCUT2D eigenvalue weighted by Crippen LogP contribution is 2.17. The van der Waals surface area contributed by atoms with Gasteiger partial charge in [-0.15, -0.1) is 0 Å². The average molecular weight is 186 g/mol. The van der Waals surface area contributed by atoms with Gasteiger partial charge >= 0.3 is 5.97 Å². The van der Waals surface area contributed by atoms with Crippen molar-refractivity contribution >= 4 is 5.97 Å². The van der Waals surface area contributed by atoms with Crippen LogP contribution in [0.25, 0.3) is 0 Å². The lowest BCUT2D eigenvalue weighted by atomic mass is 9.95. The van der Waals surface area contributed by atoms with Crippen molar-refractivity contribution in [3.05, 3.63) is 0 Å². The van der Waals surface area contributed by atoms with Gasteiger partial charge in [-0.1, -0.05) is 40.0 Å². The molecule has 0 spiro atoms. The fourth-order valence-electron chi connectivity index (χ4n) is 1.36. The Morgan fingerprint density at radius 3 is 2.23 bits per heavy atom. The molecule has 0 amide bonds. The van der Waals surface area contributed by atoms with E-state index < -0.39 is 5.97 Å². The summed E-state index contributed by atoms with van der Waals surface area (Å²) in [5.41, 5.74) is 0. The minimum Gasteiger partial charge on any atom is -0.481 e. The van der Waals surface area contributed by atoms with Crippen LogP contribution in [-0.2, 0) is 4.79 Å². The van der Waals surface area contributed by atoms with Gasteiger partial charge < -0.3 is 5.11 Å². The molecule has 0 fully saturated rings. The van der Waals surface area contributed by atoms with Crippen molar-refractivity contribution in [2.24, 2.45) is 11.8 Å². The summed E-state index contributed by atoms with van der Waals surface area (Å²) in [6.45, 7) is 6.66. The zero-order chi connectivity index (χ0) is 10.3. The molecule has 0 radical (unpaired) electrons. The standard InChI is InChI=1S/C11H22O2/c1-9(2)7-8-10(3)5-4-6-11(12)13/h9-10H,4-8H2,1-3H3,(H,12,13). The minimum absolute atomic E-state index is 0.325. The van der Waals surface area contributed by atoms with Crippen molar-refractivity contribution in [1.29, 1.82) is 0 Å². The summed E-state index contributed by atoms with van der Waals surface area (Å²) in [6.07, 6.45) is 4.70. The second-order valence-corrected chi connectivity index (χ2v) is 4.36.